The number of rotatable bonds is 10. The highest BCUT2D eigenvalue weighted by molar-refractivity contribution is 8.02. The van der Waals surface area contributed by atoms with Gasteiger partial charge in [-0.15, -0.1) is 22.7 Å². The number of aromatic nitrogens is 4. The van der Waals surface area contributed by atoms with Crippen LogP contribution in [0.1, 0.15) is 0 Å². The largest absolute Gasteiger partial charge is 0.391 e. The molecule has 0 aliphatic rings. The van der Waals surface area contributed by atoms with Crippen LogP contribution < -0.4 is 0 Å². The average molecular weight is 597 g/mol. The van der Waals surface area contributed by atoms with Gasteiger partial charge < -0.3 is 5.11 Å². The Balaban J connectivity index is 1.15. The zero-order valence-electron chi connectivity index (χ0n) is 21.3. The van der Waals surface area contributed by atoms with Crippen molar-refractivity contribution in [2.24, 2.45) is 0 Å². The van der Waals surface area contributed by atoms with E-state index in [1.807, 2.05) is 73.1 Å². The normalized spacial score (nSPS) is 11.2. The summed E-state index contributed by atoms with van der Waals surface area (Å²) in [6.45, 7) is 0. The minimum absolute atomic E-state index is 0.508. The number of nitrogens with zero attached hydrogens (tertiary/aromatic N) is 4. The minimum Gasteiger partial charge on any atom is -0.391 e. The summed E-state index contributed by atoms with van der Waals surface area (Å²) >= 11 is 6.49. The molecule has 0 fully saturated rings. The summed E-state index contributed by atoms with van der Waals surface area (Å²) < 4.78 is 1.86. The van der Waals surface area contributed by atoms with E-state index >= 15 is 0 Å². The first-order valence-electron chi connectivity index (χ1n) is 12.6. The molecule has 0 saturated carbocycles. The maximum Gasteiger partial charge on any atom is 0.151 e. The van der Waals surface area contributed by atoms with Crippen molar-refractivity contribution in [3.05, 3.63) is 110 Å². The van der Waals surface area contributed by atoms with Crippen LogP contribution >= 0.6 is 46.2 Å². The Labute approximate surface area is 249 Å². The molecule has 0 saturated heterocycles. The number of pyridine rings is 2. The van der Waals surface area contributed by atoms with Gasteiger partial charge in [0, 0.05) is 47.4 Å². The lowest BCUT2D eigenvalue weighted by atomic mass is 10.1. The van der Waals surface area contributed by atoms with Gasteiger partial charge in [0.1, 0.15) is 0 Å². The van der Waals surface area contributed by atoms with E-state index < -0.39 is 6.10 Å². The van der Waals surface area contributed by atoms with E-state index in [0.717, 1.165) is 52.1 Å². The number of hydrogen-bond donors (Lipinski definition) is 1. The second-order valence-corrected chi connectivity index (χ2v) is 13.3. The van der Waals surface area contributed by atoms with Crippen LogP contribution in [0.15, 0.2) is 118 Å². The van der Waals surface area contributed by atoms with Gasteiger partial charge >= 0.3 is 0 Å². The van der Waals surface area contributed by atoms with Crippen LogP contribution in [0, 0.1) is 0 Å². The fourth-order valence-corrected chi connectivity index (χ4v) is 8.47. The molecule has 5 nitrogen and oxygen atoms in total. The summed E-state index contributed by atoms with van der Waals surface area (Å²) in [6, 6.07) is 28.5. The van der Waals surface area contributed by atoms with Gasteiger partial charge in [-0.3, -0.25) is 9.97 Å². The van der Waals surface area contributed by atoms with Crippen molar-refractivity contribution in [1.29, 1.82) is 0 Å². The van der Waals surface area contributed by atoms with Crippen molar-refractivity contribution in [3.63, 3.8) is 0 Å². The molecule has 6 aromatic rings. The average Bonchev–Trinajstić information content (AvgIpc) is 3.66. The molecule has 4 heterocycles. The molecule has 9 heteroatoms. The van der Waals surface area contributed by atoms with Crippen molar-refractivity contribution in [2.75, 3.05) is 11.5 Å². The monoisotopic (exact) mass is 596 g/mol. The summed E-state index contributed by atoms with van der Waals surface area (Å²) in [5, 5.41) is 10.9. The SMILES string of the molecule is OC(CSc1nc(-c2cccnc2)c(-c2ccccc2)s1)CSc1nc(-c2cccnc2)c(-c2ccccc2)s1. The Bertz CT molecular complexity index is 1420. The summed E-state index contributed by atoms with van der Waals surface area (Å²) in [7, 11) is 0. The second-order valence-electron chi connectivity index (χ2n) is 8.81. The maximum atomic E-state index is 10.9. The van der Waals surface area contributed by atoms with E-state index in [2.05, 4.69) is 34.2 Å². The van der Waals surface area contributed by atoms with Crippen LogP contribution in [0.25, 0.3) is 43.4 Å². The summed E-state index contributed by atoms with van der Waals surface area (Å²) in [4.78, 5) is 20.7. The molecule has 2 aromatic carbocycles. The molecule has 0 radical (unpaired) electrons. The maximum absolute atomic E-state index is 10.9. The number of aliphatic hydroxyl groups is 1. The molecule has 1 N–H and O–H groups in total. The summed E-state index contributed by atoms with van der Waals surface area (Å²) in [5.41, 5.74) is 6.09. The third-order valence-corrected chi connectivity index (χ3v) is 10.7. The predicted octanol–water partition coefficient (Wildman–Crippen LogP) is 8.30. The Kier molecular flexibility index (Phi) is 8.65. The fourth-order valence-electron chi connectivity index (χ4n) is 4.07. The van der Waals surface area contributed by atoms with Crippen molar-refractivity contribution in [1.82, 2.24) is 19.9 Å². The standard InChI is InChI=1S/C31H24N4OS4/c36-25(19-37-30-34-26(23-13-7-15-32-17-23)28(39-30)21-9-3-1-4-10-21)20-38-31-35-27(24-14-8-16-33-18-24)29(40-31)22-11-5-2-6-12-22/h1-18,25,36H,19-20H2. The Morgan fingerprint density at radius 1 is 0.575 bits per heavy atom. The summed E-state index contributed by atoms with van der Waals surface area (Å²) in [5.74, 6) is 1.10. The molecular weight excluding hydrogens is 573 g/mol. The highest BCUT2D eigenvalue weighted by Gasteiger charge is 2.19. The van der Waals surface area contributed by atoms with Gasteiger partial charge in [0.25, 0.3) is 0 Å². The highest BCUT2D eigenvalue weighted by Crippen LogP contribution is 2.42. The molecule has 0 atom stereocenters. The number of aliphatic hydroxyl groups excluding tert-OH is 1. The molecule has 40 heavy (non-hydrogen) atoms. The molecule has 6 rings (SSSR count). The van der Waals surface area contributed by atoms with Crippen molar-refractivity contribution < 1.29 is 5.11 Å². The van der Waals surface area contributed by atoms with Crippen molar-refractivity contribution in [3.8, 4) is 43.4 Å². The number of hydrogen-bond acceptors (Lipinski definition) is 9. The highest BCUT2D eigenvalue weighted by atomic mass is 32.2. The Morgan fingerprint density at radius 2 is 1.00 bits per heavy atom. The van der Waals surface area contributed by atoms with E-state index in [9.17, 15) is 5.11 Å². The Hall–Kier alpha value is -3.34. The van der Waals surface area contributed by atoms with Crippen LogP contribution in [-0.2, 0) is 0 Å². The lowest BCUT2D eigenvalue weighted by molar-refractivity contribution is 0.225. The molecule has 0 unspecified atom stereocenters. The zero-order chi connectivity index (χ0) is 27.1. The first-order valence-corrected chi connectivity index (χ1v) is 16.2. The predicted molar refractivity (Wildman–Crippen MR) is 169 cm³/mol. The first kappa shape index (κ1) is 26.9. The van der Waals surface area contributed by atoms with Crippen LogP contribution in [0.3, 0.4) is 0 Å². The number of thioether (sulfide) groups is 2. The van der Waals surface area contributed by atoms with Gasteiger partial charge in [-0.25, -0.2) is 9.97 Å². The third-order valence-electron chi connectivity index (χ3n) is 5.96. The van der Waals surface area contributed by atoms with Gasteiger partial charge in [0.15, 0.2) is 8.68 Å². The first-order chi connectivity index (χ1) is 19.7. The quantitative estimate of drug-likeness (QED) is 0.160. The number of benzene rings is 2. The molecule has 198 valence electrons. The smallest absolute Gasteiger partial charge is 0.151 e. The lowest BCUT2D eigenvalue weighted by Crippen LogP contribution is -2.12. The van der Waals surface area contributed by atoms with Gasteiger partial charge in [-0.2, -0.15) is 0 Å². The molecule has 0 amide bonds. The molecule has 0 spiro atoms. The van der Waals surface area contributed by atoms with E-state index in [1.165, 1.54) is 0 Å². The van der Waals surface area contributed by atoms with Crippen molar-refractivity contribution >= 4 is 46.2 Å². The summed E-state index contributed by atoms with van der Waals surface area (Å²) in [6.07, 6.45) is 6.73. The van der Waals surface area contributed by atoms with Crippen LogP contribution in [0.5, 0.6) is 0 Å². The van der Waals surface area contributed by atoms with E-state index in [1.54, 1.807) is 58.6 Å². The zero-order valence-corrected chi connectivity index (χ0v) is 24.5. The van der Waals surface area contributed by atoms with Gasteiger partial charge in [-0.05, 0) is 35.4 Å². The third kappa shape index (κ3) is 6.35. The van der Waals surface area contributed by atoms with E-state index in [4.69, 9.17) is 9.97 Å². The molecule has 0 bridgehead atoms. The minimum atomic E-state index is -0.508. The molecular formula is C31H24N4OS4. The van der Waals surface area contributed by atoms with Gasteiger partial charge in [0.05, 0.1) is 27.2 Å². The second kappa shape index (κ2) is 12.9. The lowest BCUT2D eigenvalue weighted by Gasteiger charge is -2.07. The Morgan fingerprint density at radius 3 is 1.40 bits per heavy atom. The van der Waals surface area contributed by atoms with Crippen molar-refractivity contribution in [2.45, 2.75) is 14.8 Å². The van der Waals surface area contributed by atoms with Crippen LogP contribution in [0.2, 0.25) is 0 Å². The van der Waals surface area contributed by atoms with Crippen LogP contribution in [0.4, 0.5) is 0 Å². The molecule has 0 aliphatic carbocycles. The van der Waals surface area contributed by atoms with Gasteiger partial charge in [0.2, 0.25) is 0 Å². The van der Waals surface area contributed by atoms with E-state index in [-0.39, 0.29) is 0 Å². The van der Waals surface area contributed by atoms with Crippen LogP contribution in [-0.4, -0.2) is 42.7 Å². The fraction of sp³-hybridized carbons (Fsp3) is 0.0968. The topological polar surface area (TPSA) is 71.8 Å². The van der Waals surface area contributed by atoms with E-state index in [0.29, 0.717) is 11.5 Å². The van der Waals surface area contributed by atoms with Gasteiger partial charge in [-0.1, -0.05) is 84.2 Å². The molecule has 0 aliphatic heterocycles. The molecule has 4 aromatic heterocycles. The number of thiazole rings is 2.